The molecule has 0 fully saturated rings. The van der Waals surface area contributed by atoms with Crippen LogP contribution in [-0.4, -0.2) is 15.0 Å². The number of hydrogen-bond acceptors (Lipinski definition) is 5. The first kappa shape index (κ1) is 29.2. The monoisotopic (exact) mass is 669 g/mol. The minimum Gasteiger partial charge on any atom is -0.456 e. The van der Waals surface area contributed by atoms with Crippen molar-refractivity contribution in [3.63, 3.8) is 0 Å². The third kappa shape index (κ3) is 4.52. The van der Waals surface area contributed by atoms with E-state index in [1.807, 2.05) is 36.4 Å². The lowest BCUT2D eigenvalue weighted by atomic mass is 9.86. The fraction of sp³-hybridized carbons (Fsp3) is 0.0851. The summed E-state index contributed by atoms with van der Waals surface area (Å²) >= 11 is 0. The van der Waals surface area contributed by atoms with Crippen LogP contribution >= 0.6 is 0 Å². The Hall–Kier alpha value is -6.59. The van der Waals surface area contributed by atoms with Gasteiger partial charge in [0.1, 0.15) is 28.2 Å². The van der Waals surface area contributed by atoms with Gasteiger partial charge in [0.05, 0.1) is 0 Å². The van der Waals surface area contributed by atoms with Crippen LogP contribution in [0.5, 0.6) is 0 Å². The summed E-state index contributed by atoms with van der Waals surface area (Å²) in [7, 11) is 0. The first-order valence-electron chi connectivity index (χ1n) is 17.9. The van der Waals surface area contributed by atoms with Crippen LogP contribution in [0.3, 0.4) is 0 Å². The molecule has 5 heteroatoms. The second kappa shape index (κ2) is 11.5. The summed E-state index contributed by atoms with van der Waals surface area (Å²) in [5, 5.41) is 6.75. The smallest absolute Gasteiger partial charge is 0.164 e. The number of aromatic nitrogens is 3. The van der Waals surface area contributed by atoms with Crippen molar-refractivity contribution in [2.24, 2.45) is 0 Å². The molecule has 0 N–H and O–H groups in total. The molecule has 11 rings (SSSR count). The van der Waals surface area contributed by atoms with Crippen molar-refractivity contribution >= 4 is 66.3 Å². The Morgan fingerprint density at radius 2 is 1.23 bits per heavy atom. The van der Waals surface area contributed by atoms with Crippen LogP contribution in [0.25, 0.3) is 88.8 Å². The van der Waals surface area contributed by atoms with E-state index in [0.29, 0.717) is 5.82 Å². The predicted molar refractivity (Wildman–Crippen MR) is 211 cm³/mol. The highest BCUT2D eigenvalue weighted by molar-refractivity contribution is 6.21. The Labute approximate surface area is 299 Å². The van der Waals surface area contributed by atoms with Crippen LogP contribution < -0.4 is 0 Å². The average molecular weight is 670 g/mol. The summed E-state index contributed by atoms with van der Waals surface area (Å²) in [6, 6.07) is 40.1. The maximum Gasteiger partial charge on any atom is 0.164 e. The highest BCUT2D eigenvalue weighted by Gasteiger charge is 2.25. The summed E-state index contributed by atoms with van der Waals surface area (Å²) in [5.41, 5.74) is 10.2. The minimum atomic E-state index is 0.00127. The molecule has 3 aromatic heterocycles. The molecule has 6 aromatic carbocycles. The number of hydrogen-bond donors (Lipinski definition) is 0. The number of furan rings is 2. The van der Waals surface area contributed by atoms with Gasteiger partial charge in [-0.3, -0.25) is 0 Å². The lowest BCUT2D eigenvalue weighted by Gasteiger charge is -2.21. The molecule has 2 aliphatic carbocycles. The van der Waals surface area contributed by atoms with Crippen LogP contribution in [0.1, 0.15) is 41.5 Å². The topological polar surface area (TPSA) is 65.0 Å². The normalized spacial score (nSPS) is 15.6. The molecule has 0 saturated heterocycles. The number of allylic oxidation sites excluding steroid dienone is 5. The number of para-hydroxylation sites is 1. The summed E-state index contributed by atoms with van der Waals surface area (Å²) in [6.45, 7) is 0. The molecule has 1 atom stereocenters. The maximum absolute atomic E-state index is 6.60. The number of fused-ring (bicyclic) bond motifs is 9. The molecule has 0 bridgehead atoms. The van der Waals surface area contributed by atoms with Crippen molar-refractivity contribution in [3.8, 4) is 22.5 Å². The zero-order valence-corrected chi connectivity index (χ0v) is 28.2. The van der Waals surface area contributed by atoms with Gasteiger partial charge in [-0.2, -0.15) is 0 Å². The quantitative estimate of drug-likeness (QED) is 0.187. The zero-order chi connectivity index (χ0) is 34.2. The van der Waals surface area contributed by atoms with Crippen LogP contribution in [-0.2, 0) is 6.42 Å². The average Bonchev–Trinajstić information content (AvgIpc) is 3.80. The molecule has 52 heavy (non-hydrogen) atoms. The second-order valence-corrected chi connectivity index (χ2v) is 13.8. The molecule has 0 saturated carbocycles. The van der Waals surface area contributed by atoms with Gasteiger partial charge in [-0.05, 0) is 82.1 Å². The molecule has 2 aliphatic rings. The summed E-state index contributed by atoms with van der Waals surface area (Å²) < 4.78 is 12.9. The van der Waals surface area contributed by atoms with Crippen molar-refractivity contribution in [2.45, 2.75) is 25.2 Å². The van der Waals surface area contributed by atoms with E-state index < -0.39 is 0 Å². The van der Waals surface area contributed by atoms with Crippen LogP contribution in [0, 0.1) is 0 Å². The molecule has 3 heterocycles. The fourth-order valence-corrected chi connectivity index (χ4v) is 8.31. The van der Waals surface area contributed by atoms with E-state index in [1.54, 1.807) is 0 Å². The first-order chi connectivity index (χ1) is 25.8. The Bertz CT molecular complexity index is 3010. The molecule has 0 amide bonds. The van der Waals surface area contributed by atoms with E-state index in [2.05, 4.69) is 109 Å². The number of rotatable bonds is 4. The third-order valence-corrected chi connectivity index (χ3v) is 10.8. The number of benzene rings is 6. The van der Waals surface area contributed by atoms with Gasteiger partial charge >= 0.3 is 0 Å². The Balaban J connectivity index is 1.14. The minimum absolute atomic E-state index is 0.00127. The van der Waals surface area contributed by atoms with E-state index in [-0.39, 0.29) is 5.92 Å². The van der Waals surface area contributed by atoms with Gasteiger partial charge in [0, 0.05) is 33.0 Å². The van der Waals surface area contributed by atoms with Crippen molar-refractivity contribution < 1.29 is 8.83 Å². The zero-order valence-electron chi connectivity index (χ0n) is 28.2. The molecular formula is C47H31N3O2. The van der Waals surface area contributed by atoms with Crippen LogP contribution in [0.4, 0.5) is 0 Å². The van der Waals surface area contributed by atoms with Gasteiger partial charge < -0.3 is 8.83 Å². The Kier molecular flexibility index (Phi) is 6.44. The molecule has 5 nitrogen and oxygen atoms in total. The predicted octanol–water partition coefficient (Wildman–Crippen LogP) is 12.2. The van der Waals surface area contributed by atoms with Gasteiger partial charge in [0.2, 0.25) is 0 Å². The Morgan fingerprint density at radius 3 is 2.06 bits per heavy atom. The summed E-state index contributed by atoms with van der Waals surface area (Å²) in [5.74, 6) is 2.18. The summed E-state index contributed by atoms with van der Waals surface area (Å²) in [6.07, 6.45) is 13.6. The summed E-state index contributed by atoms with van der Waals surface area (Å²) in [4.78, 5) is 15.8. The molecule has 0 aliphatic heterocycles. The third-order valence-electron chi connectivity index (χ3n) is 10.8. The van der Waals surface area contributed by atoms with Gasteiger partial charge in [-0.25, -0.2) is 15.0 Å². The Morgan fingerprint density at radius 1 is 0.558 bits per heavy atom. The second-order valence-electron chi connectivity index (χ2n) is 13.8. The van der Waals surface area contributed by atoms with Crippen LogP contribution in [0.2, 0.25) is 0 Å². The number of nitrogens with zero attached hydrogens (tertiary/aromatic N) is 3. The van der Waals surface area contributed by atoms with E-state index in [1.165, 1.54) is 21.9 Å². The van der Waals surface area contributed by atoms with Gasteiger partial charge in [-0.1, -0.05) is 121 Å². The molecular weight excluding hydrogens is 639 g/mol. The molecule has 9 aromatic rings. The van der Waals surface area contributed by atoms with Crippen molar-refractivity contribution in [1.29, 1.82) is 0 Å². The van der Waals surface area contributed by atoms with Crippen LogP contribution in [0.15, 0.2) is 148 Å². The van der Waals surface area contributed by atoms with Gasteiger partial charge in [0.25, 0.3) is 0 Å². The molecule has 0 radical (unpaired) electrons. The maximum atomic E-state index is 6.60. The lowest BCUT2D eigenvalue weighted by molar-refractivity contribution is 0.668. The fourth-order valence-electron chi connectivity index (χ4n) is 8.31. The van der Waals surface area contributed by atoms with E-state index in [9.17, 15) is 0 Å². The molecule has 246 valence electrons. The van der Waals surface area contributed by atoms with Gasteiger partial charge in [0.15, 0.2) is 11.6 Å². The highest BCUT2D eigenvalue weighted by atomic mass is 16.3. The molecule has 0 spiro atoms. The first-order valence-corrected chi connectivity index (χ1v) is 17.9. The molecule has 1 unspecified atom stereocenters. The van der Waals surface area contributed by atoms with Gasteiger partial charge in [-0.15, -0.1) is 0 Å². The lowest BCUT2D eigenvalue weighted by Crippen LogP contribution is -2.13. The SMILES string of the molecule is C1=CCCC(c2nc(-c3cccc4oc5cccc(-c6cccc7oc8ccccc8c67)c5c34)nc(C3C=Cc4ccc5ccccc5c4C3)n2)=C1. The highest BCUT2D eigenvalue weighted by Crippen LogP contribution is 2.45. The standard InChI is InChI=1S/C47H31N3O2/c1-2-12-30(13-3-1)45-48-46(31-26-25-29-24-23-28-11-4-5-14-32(28)37(29)27-31)50-47(49-45)36-18-10-22-41-44(36)43-34(17-9-21-40(43)52-41)33-16-8-20-39-42(33)35-15-6-7-19-38(35)51-39/h1-2,4-12,14-26,31H,3,13,27H2. The van der Waals surface area contributed by atoms with Crippen molar-refractivity contribution in [2.75, 3.05) is 0 Å². The van der Waals surface area contributed by atoms with E-state index >= 15 is 0 Å². The largest absolute Gasteiger partial charge is 0.456 e. The van der Waals surface area contributed by atoms with E-state index in [0.717, 1.165) is 97.1 Å². The van der Waals surface area contributed by atoms with Crippen molar-refractivity contribution in [3.05, 3.63) is 162 Å². The van der Waals surface area contributed by atoms with E-state index in [4.69, 9.17) is 23.8 Å². The van der Waals surface area contributed by atoms with Crippen molar-refractivity contribution in [1.82, 2.24) is 15.0 Å².